The van der Waals surface area contributed by atoms with E-state index in [1.807, 2.05) is 36.4 Å². The SMILES string of the molecule is CC(C)C(N)C(NCc1ccc2c(c1)CN(C1CCC(=O)NC1=O)C2=O)c1ccccc1. The third-order valence-corrected chi connectivity index (χ3v) is 6.43. The quantitative estimate of drug-likeness (QED) is 0.580. The smallest absolute Gasteiger partial charge is 0.255 e. The van der Waals surface area contributed by atoms with Gasteiger partial charge >= 0.3 is 0 Å². The van der Waals surface area contributed by atoms with Crippen molar-refractivity contribution >= 4 is 17.7 Å². The predicted molar refractivity (Wildman–Crippen MR) is 121 cm³/mol. The Morgan fingerprint density at radius 3 is 2.56 bits per heavy atom. The number of benzene rings is 2. The van der Waals surface area contributed by atoms with Gasteiger partial charge in [0, 0.05) is 37.2 Å². The van der Waals surface area contributed by atoms with Crippen LogP contribution in [0.1, 0.15) is 59.8 Å². The highest BCUT2D eigenvalue weighted by atomic mass is 16.2. The van der Waals surface area contributed by atoms with Crippen LogP contribution in [-0.2, 0) is 22.7 Å². The largest absolute Gasteiger partial charge is 0.326 e. The molecule has 2 heterocycles. The fourth-order valence-corrected chi connectivity index (χ4v) is 4.49. The lowest BCUT2D eigenvalue weighted by molar-refractivity contribution is -0.136. The van der Waals surface area contributed by atoms with Crippen molar-refractivity contribution in [3.8, 4) is 0 Å². The molecule has 3 atom stereocenters. The van der Waals surface area contributed by atoms with E-state index >= 15 is 0 Å². The van der Waals surface area contributed by atoms with Crippen molar-refractivity contribution in [2.24, 2.45) is 11.7 Å². The van der Waals surface area contributed by atoms with Crippen molar-refractivity contribution in [1.29, 1.82) is 0 Å². The Morgan fingerprint density at radius 1 is 1.12 bits per heavy atom. The highest BCUT2D eigenvalue weighted by Crippen LogP contribution is 2.29. The number of hydrogen-bond donors (Lipinski definition) is 3. The summed E-state index contributed by atoms with van der Waals surface area (Å²) in [6.45, 7) is 5.22. The summed E-state index contributed by atoms with van der Waals surface area (Å²) in [6, 6.07) is 15.4. The maximum Gasteiger partial charge on any atom is 0.255 e. The summed E-state index contributed by atoms with van der Waals surface area (Å²) in [5.41, 5.74) is 10.2. The van der Waals surface area contributed by atoms with E-state index in [2.05, 4.69) is 36.6 Å². The van der Waals surface area contributed by atoms with Crippen molar-refractivity contribution in [2.45, 2.75) is 57.9 Å². The van der Waals surface area contributed by atoms with E-state index in [-0.39, 0.29) is 30.3 Å². The molecule has 2 aromatic carbocycles. The van der Waals surface area contributed by atoms with E-state index in [9.17, 15) is 14.4 Å². The van der Waals surface area contributed by atoms with Crippen molar-refractivity contribution in [3.63, 3.8) is 0 Å². The molecule has 2 aliphatic rings. The second kappa shape index (κ2) is 9.22. The van der Waals surface area contributed by atoms with Crippen LogP contribution in [0.2, 0.25) is 0 Å². The van der Waals surface area contributed by atoms with Crippen LogP contribution in [0.25, 0.3) is 0 Å². The summed E-state index contributed by atoms with van der Waals surface area (Å²) in [6.07, 6.45) is 0.618. The number of nitrogens with zero attached hydrogens (tertiary/aromatic N) is 1. The highest BCUT2D eigenvalue weighted by molar-refractivity contribution is 6.05. The first-order valence-electron chi connectivity index (χ1n) is 11.2. The second-order valence-corrected chi connectivity index (χ2v) is 8.98. The number of piperidine rings is 1. The van der Waals surface area contributed by atoms with Gasteiger partial charge in [-0.05, 0) is 35.1 Å². The second-order valence-electron chi connectivity index (χ2n) is 8.98. The Morgan fingerprint density at radius 2 is 1.88 bits per heavy atom. The maximum atomic E-state index is 12.9. The van der Waals surface area contributed by atoms with Gasteiger partial charge in [-0.3, -0.25) is 19.7 Å². The third-order valence-electron chi connectivity index (χ3n) is 6.43. The van der Waals surface area contributed by atoms with Crippen molar-refractivity contribution in [1.82, 2.24) is 15.5 Å². The minimum absolute atomic E-state index is 0.00561. The van der Waals surface area contributed by atoms with Crippen LogP contribution in [0, 0.1) is 5.92 Å². The standard InChI is InChI=1S/C25H30N4O3/c1-15(2)22(26)23(17-6-4-3-5-7-17)27-13-16-8-9-19-18(12-16)14-29(25(19)32)20-10-11-21(30)28-24(20)31/h3-9,12,15,20,22-23,27H,10-11,13-14,26H2,1-2H3,(H,28,30,31). The number of nitrogens with two attached hydrogens (primary N) is 1. The number of amides is 3. The van der Waals surface area contributed by atoms with Gasteiger partial charge in [-0.25, -0.2) is 0 Å². The van der Waals surface area contributed by atoms with Gasteiger partial charge in [0.1, 0.15) is 6.04 Å². The van der Waals surface area contributed by atoms with E-state index in [0.29, 0.717) is 31.0 Å². The van der Waals surface area contributed by atoms with Gasteiger partial charge in [-0.1, -0.05) is 56.3 Å². The van der Waals surface area contributed by atoms with Crippen molar-refractivity contribution in [3.05, 3.63) is 70.8 Å². The molecule has 0 aliphatic carbocycles. The first-order valence-corrected chi connectivity index (χ1v) is 11.2. The molecule has 2 aromatic rings. The molecule has 4 N–H and O–H groups in total. The molecule has 3 amide bonds. The Bertz CT molecular complexity index is 1020. The van der Waals surface area contributed by atoms with E-state index in [1.165, 1.54) is 0 Å². The molecular formula is C25H30N4O3. The Labute approximate surface area is 188 Å². The molecule has 7 nitrogen and oxygen atoms in total. The third kappa shape index (κ3) is 4.45. The molecule has 0 radical (unpaired) electrons. The molecular weight excluding hydrogens is 404 g/mol. The molecule has 7 heteroatoms. The summed E-state index contributed by atoms with van der Waals surface area (Å²) < 4.78 is 0. The predicted octanol–water partition coefficient (Wildman–Crippen LogP) is 2.26. The molecule has 1 saturated heterocycles. The van der Waals surface area contributed by atoms with Gasteiger partial charge in [0.15, 0.2) is 0 Å². The molecule has 3 unspecified atom stereocenters. The van der Waals surface area contributed by atoms with E-state index in [0.717, 1.165) is 16.7 Å². The molecule has 32 heavy (non-hydrogen) atoms. The molecule has 1 fully saturated rings. The maximum absolute atomic E-state index is 12.9. The first kappa shape index (κ1) is 22.2. The van der Waals surface area contributed by atoms with Gasteiger partial charge in [0.05, 0.1) is 0 Å². The molecule has 0 spiro atoms. The fraction of sp³-hybridized carbons (Fsp3) is 0.400. The normalized spacial score (nSPS) is 20.3. The summed E-state index contributed by atoms with van der Waals surface area (Å²) in [5.74, 6) is -0.514. The van der Waals surface area contributed by atoms with Gasteiger partial charge in [0.25, 0.3) is 5.91 Å². The molecule has 4 rings (SSSR count). The summed E-state index contributed by atoms with van der Waals surface area (Å²) >= 11 is 0. The summed E-state index contributed by atoms with van der Waals surface area (Å²) in [4.78, 5) is 38.1. The number of imide groups is 1. The highest BCUT2D eigenvalue weighted by Gasteiger charge is 2.39. The zero-order valence-corrected chi connectivity index (χ0v) is 18.5. The number of carbonyl (C=O) groups excluding carboxylic acids is 3. The van der Waals surface area contributed by atoms with Crippen LogP contribution in [-0.4, -0.2) is 34.7 Å². The Balaban J connectivity index is 1.48. The zero-order valence-electron chi connectivity index (χ0n) is 18.5. The fourth-order valence-electron chi connectivity index (χ4n) is 4.49. The number of fused-ring (bicyclic) bond motifs is 1. The lowest BCUT2D eigenvalue weighted by atomic mass is 9.91. The molecule has 0 saturated carbocycles. The van der Waals surface area contributed by atoms with Gasteiger partial charge in [-0.2, -0.15) is 0 Å². The molecule has 0 aromatic heterocycles. The number of rotatable bonds is 7. The average Bonchev–Trinajstić information content (AvgIpc) is 3.10. The van der Waals surface area contributed by atoms with Gasteiger partial charge in [0.2, 0.25) is 11.8 Å². The Hall–Kier alpha value is -3.03. The Kier molecular flexibility index (Phi) is 6.39. The monoisotopic (exact) mass is 434 g/mol. The first-order chi connectivity index (χ1) is 15.3. The lowest BCUT2D eigenvalue weighted by Gasteiger charge is -2.29. The number of nitrogens with one attached hydrogen (secondary N) is 2. The van der Waals surface area contributed by atoms with E-state index < -0.39 is 11.9 Å². The van der Waals surface area contributed by atoms with Gasteiger partial charge in [-0.15, -0.1) is 0 Å². The topological polar surface area (TPSA) is 105 Å². The summed E-state index contributed by atoms with van der Waals surface area (Å²) in [7, 11) is 0. The van der Waals surface area contributed by atoms with Crippen LogP contribution < -0.4 is 16.4 Å². The van der Waals surface area contributed by atoms with Crippen LogP contribution in [0.15, 0.2) is 48.5 Å². The number of carbonyl (C=O) groups is 3. The van der Waals surface area contributed by atoms with Gasteiger partial charge < -0.3 is 16.0 Å². The van der Waals surface area contributed by atoms with E-state index in [1.54, 1.807) is 4.90 Å². The minimum Gasteiger partial charge on any atom is -0.326 e. The van der Waals surface area contributed by atoms with Crippen molar-refractivity contribution in [2.75, 3.05) is 0 Å². The average molecular weight is 435 g/mol. The molecule has 168 valence electrons. The molecule has 0 bridgehead atoms. The number of hydrogen-bond acceptors (Lipinski definition) is 5. The van der Waals surface area contributed by atoms with Crippen LogP contribution >= 0.6 is 0 Å². The van der Waals surface area contributed by atoms with Crippen LogP contribution in [0.3, 0.4) is 0 Å². The van der Waals surface area contributed by atoms with E-state index in [4.69, 9.17) is 5.73 Å². The zero-order chi connectivity index (χ0) is 22.8. The summed E-state index contributed by atoms with van der Waals surface area (Å²) in [5, 5.41) is 5.94. The lowest BCUT2D eigenvalue weighted by Crippen LogP contribution is -2.52. The van der Waals surface area contributed by atoms with Crippen molar-refractivity contribution < 1.29 is 14.4 Å². The molecule has 2 aliphatic heterocycles. The minimum atomic E-state index is -0.597. The van der Waals surface area contributed by atoms with Crippen LogP contribution in [0.5, 0.6) is 0 Å². The van der Waals surface area contributed by atoms with Crippen LogP contribution in [0.4, 0.5) is 0 Å².